The van der Waals surface area contributed by atoms with Crippen molar-refractivity contribution in [3.8, 4) is 0 Å². The van der Waals surface area contributed by atoms with Gasteiger partial charge in [-0.25, -0.2) is 13.1 Å². The Balaban J connectivity index is 2.56. The van der Waals surface area contributed by atoms with Crippen LogP contribution in [0, 0.1) is 0 Å². The van der Waals surface area contributed by atoms with Crippen molar-refractivity contribution in [3.05, 3.63) is 35.4 Å². The first-order valence-electron chi connectivity index (χ1n) is 7.53. The molecule has 0 aliphatic rings. The van der Waals surface area contributed by atoms with Crippen molar-refractivity contribution in [3.63, 3.8) is 0 Å². The topological polar surface area (TPSA) is 58.2 Å². The maximum atomic E-state index is 12.1. The van der Waals surface area contributed by atoms with E-state index in [2.05, 4.69) is 36.0 Å². The van der Waals surface area contributed by atoms with E-state index in [9.17, 15) is 8.42 Å². The molecule has 1 rings (SSSR count). The van der Waals surface area contributed by atoms with Gasteiger partial charge >= 0.3 is 0 Å². The van der Waals surface area contributed by atoms with Crippen LogP contribution in [0.3, 0.4) is 0 Å². The van der Waals surface area contributed by atoms with Crippen LogP contribution in [0.1, 0.15) is 51.7 Å². The molecule has 0 fully saturated rings. The molecule has 0 amide bonds. The summed E-state index contributed by atoms with van der Waals surface area (Å²) >= 11 is 0. The zero-order valence-corrected chi connectivity index (χ0v) is 14.5. The predicted octanol–water partition coefficient (Wildman–Crippen LogP) is 2.62. The third kappa shape index (κ3) is 6.16. The van der Waals surface area contributed by atoms with Gasteiger partial charge in [0.2, 0.25) is 10.0 Å². The van der Waals surface area contributed by atoms with Crippen LogP contribution in [-0.2, 0) is 16.6 Å². The SMILES string of the molecule is CC(C)NCC(C)S(=O)(=O)NCc1ccc(C(C)C)cc1. The highest BCUT2D eigenvalue weighted by atomic mass is 32.2. The molecule has 21 heavy (non-hydrogen) atoms. The molecule has 0 radical (unpaired) electrons. The van der Waals surface area contributed by atoms with E-state index in [1.54, 1.807) is 6.92 Å². The number of nitrogens with one attached hydrogen (secondary N) is 2. The molecule has 1 aromatic carbocycles. The first-order chi connectivity index (χ1) is 9.72. The van der Waals surface area contributed by atoms with Gasteiger partial charge in [-0.3, -0.25) is 0 Å². The van der Waals surface area contributed by atoms with Crippen molar-refractivity contribution < 1.29 is 8.42 Å². The molecule has 2 N–H and O–H groups in total. The normalized spacial score (nSPS) is 13.9. The second-order valence-electron chi connectivity index (χ2n) is 6.14. The van der Waals surface area contributed by atoms with Crippen LogP contribution in [0.25, 0.3) is 0 Å². The Morgan fingerprint density at radius 3 is 2.05 bits per heavy atom. The average molecular weight is 312 g/mol. The quantitative estimate of drug-likeness (QED) is 0.776. The summed E-state index contributed by atoms with van der Waals surface area (Å²) in [7, 11) is -3.29. The molecule has 0 aliphatic carbocycles. The largest absolute Gasteiger partial charge is 0.313 e. The van der Waals surface area contributed by atoms with E-state index in [4.69, 9.17) is 0 Å². The fourth-order valence-corrected chi connectivity index (χ4v) is 2.83. The smallest absolute Gasteiger partial charge is 0.215 e. The van der Waals surface area contributed by atoms with Crippen molar-refractivity contribution in [2.75, 3.05) is 6.54 Å². The summed E-state index contributed by atoms with van der Waals surface area (Å²) in [4.78, 5) is 0. The molecule has 0 spiro atoms. The van der Waals surface area contributed by atoms with Crippen LogP contribution in [0.2, 0.25) is 0 Å². The standard InChI is InChI=1S/C16H28N2O2S/c1-12(2)16-8-6-15(7-9-16)11-18-21(19,20)14(5)10-17-13(3)4/h6-9,12-14,17-18H,10-11H2,1-5H3. The van der Waals surface area contributed by atoms with Crippen LogP contribution in [0.5, 0.6) is 0 Å². The second kappa shape index (κ2) is 7.92. The van der Waals surface area contributed by atoms with Crippen molar-refractivity contribution in [2.24, 2.45) is 0 Å². The highest BCUT2D eigenvalue weighted by molar-refractivity contribution is 7.90. The van der Waals surface area contributed by atoms with E-state index in [1.807, 2.05) is 26.0 Å². The van der Waals surface area contributed by atoms with E-state index >= 15 is 0 Å². The molecule has 4 nitrogen and oxygen atoms in total. The number of sulfonamides is 1. The monoisotopic (exact) mass is 312 g/mol. The van der Waals surface area contributed by atoms with Gasteiger partial charge < -0.3 is 5.32 Å². The van der Waals surface area contributed by atoms with Crippen molar-refractivity contribution in [1.29, 1.82) is 0 Å². The van der Waals surface area contributed by atoms with E-state index in [0.29, 0.717) is 19.0 Å². The van der Waals surface area contributed by atoms with Crippen molar-refractivity contribution in [2.45, 2.75) is 58.4 Å². The van der Waals surface area contributed by atoms with Crippen molar-refractivity contribution >= 4 is 10.0 Å². The molecule has 1 aromatic rings. The molecular formula is C16H28N2O2S. The lowest BCUT2D eigenvalue weighted by Gasteiger charge is -2.16. The first-order valence-corrected chi connectivity index (χ1v) is 9.07. The van der Waals surface area contributed by atoms with Gasteiger partial charge in [-0.05, 0) is 24.0 Å². The number of hydrogen-bond donors (Lipinski definition) is 2. The summed E-state index contributed by atoms with van der Waals surface area (Å²) in [5, 5.41) is 2.70. The zero-order chi connectivity index (χ0) is 16.0. The molecule has 0 saturated carbocycles. The maximum absolute atomic E-state index is 12.1. The molecule has 1 unspecified atom stereocenters. The van der Waals surface area contributed by atoms with Crippen LogP contribution in [0.15, 0.2) is 24.3 Å². The Kier molecular flexibility index (Phi) is 6.84. The van der Waals surface area contributed by atoms with Gasteiger partial charge in [0.1, 0.15) is 0 Å². The minimum absolute atomic E-state index is 0.284. The summed E-state index contributed by atoms with van der Waals surface area (Å²) in [5.74, 6) is 0.484. The van der Waals surface area contributed by atoms with Gasteiger partial charge in [0.05, 0.1) is 5.25 Å². The predicted molar refractivity (Wildman–Crippen MR) is 88.9 cm³/mol. The Morgan fingerprint density at radius 2 is 1.57 bits per heavy atom. The van der Waals surface area contributed by atoms with Crippen LogP contribution < -0.4 is 10.0 Å². The Labute approximate surface area is 129 Å². The van der Waals surface area contributed by atoms with Crippen LogP contribution in [-0.4, -0.2) is 26.3 Å². The summed E-state index contributed by atoms with van der Waals surface area (Å²) in [6, 6.07) is 8.35. The van der Waals surface area contributed by atoms with E-state index in [-0.39, 0.29) is 6.04 Å². The minimum atomic E-state index is -3.29. The van der Waals surface area contributed by atoms with Gasteiger partial charge in [-0.15, -0.1) is 0 Å². The fourth-order valence-electron chi connectivity index (χ4n) is 1.86. The first kappa shape index (κ1) is 18.1. The number of hydrogen-bond acceptors (Lipinski definition) is 3. The third-order valence-electron chi connectivity index (χ3n) is 3.47. The van der Waals surface area contributed by atoms with Gasteiger partial charge in [-0.2, -0.15) is 0 Å². The zero-order valence-electron chi connectivity index (χ0n) is 13.7. The second-order valence-corrected chi connectivity index (χ2v) is 8.32. The lowest BCUT2D eigenvalue weighted by Crippen LogP contribution is -2.40. The molecule has 0 bridgehead atoms. The Bertz CT molecular complexity index is 522. The molecule has 1 atom stereocenters. The minimum Gasteiger partial charge on any atom is -0.313 e. The summed E-state index contributed by atoms with van der Waals surface area (Å²) in [6.07, 6.45) is 0. The summed E-state index contributed by atoms with van der Waals surface area (Å²) in [6.45, 7) is 10.8. The number of benzene rings is 1. The molecule has 0 aromatic heterocycles. The highest BCUT2D eigenvalue weighted by Crippen LogP contribution is 2.14. The summed E-state index contributed by atoms with van der Waals surface area (Å²) in [5.41, 5.74) is 2.24. The van der Waals surface area contributed by atoms with Crippen LogP contribution >= 0.6 is 0 Å². The van der Waals surface area contributed by atoms with E-state index < -0.39 is 15.3 Å². The molecule has 120 valence electrons. The molecule has 0 heterocycles. The highest BCUT2D eigenvalue weighted by Gasteiger charge is 2.20. The lowest BCUT2D eigenvalue weighted by atomic mass is 10.0. The van der Waals surface area contributed by atoms with Crippen molar-refractivity contribution in [1.82, 2.24) is 10.0 Å². The number of rotatable bonds is 8. The van der Waals surface area contributed by atoms with Gasteiger partial charge in [0.25, 0.3) is 0 Å². The van der Waals surface area contributed by atoms with E-state index in [1.165, 1.54) is 5.56 Å². The van der Waals surface area contributed by atoms with Crippen LogP contribution in [0.4, 0.5) is 0 Å². The summed E-state index contributed by atoms with van der Waals surface area (Å²) < 4.78 is 27.0. The lowest BCUT2D eigenvalue weighted by molar-refractivity contribution is 0.540. The maximum Gasteiger partial charge on any atom is 0.215 e. The molecule has 5 heteroatoms. The van der Waals surface area contributed by atoms with Gasteiger partial charge in [0, 0.05) is 19.1 Å². The Hall–Kier alpha value is -0.910. The van der Waals surface area contributed by atoms with Gasteiger partial charge in [0.15, 0.2) is 0 Å². The molecule has 0 aliphatic heterocycles. The van der Waals surface area contributed by atoms with E-state index in [0.717, 1.165) is 5.56 Å². The average Bonchev–Trinajstić information content (AvgIpc) is 2.42. The molecular weight excluding hydrogens is 284 g/mol. The molecule has 0 saturated heterocycles. The van der Waals surface area contributed by atoms with Gasteiger partial charge in [-0.1, -0.05) is 52.0 Å². The Morgan fingerprint density at radius 1 is 1.00 bits per heavy atom. The third-order valence-corrected chi connectivity index (χ3v) is 5.24. The fraction of sp³-hybridized carbons (Fsp3) is 0.625.